The van der Waals surface area contributed by atoms with Crippen molar-refractivity contribution >= 4 is 40.4 Å². The van der Waals surface area contributed by atoms with Gasteiger partial charge in [-0.1, -0.05) is 23.8 Å². The molecule has 1 aliphatic heterocycles. The molecule has 1 fully saturated rings. The zero-order chi connectivity index (χ0) is 13.8. The lowest BCUT2D eigenvalue weighted by atomic mass is 10.1. The normalized spacial score (nSPS) is 14.5. The molecule has 0 radical (unpaired) electrons. The van der Waals surface area contributed by atoms with Crippen molar-refractivity contribution in [2.24, 2.45) is 5.73 Å². The van der Waals surface area contributed by atoms with Gasteiger partial charge < -0.3 is 16.0 Å². The summed E-state index contributed by atoms with van der Waals surface area (Å²) in [6.45, 7) is 1.95. The number of likely N-dealkylation sites (tertiary alicyclic amines) is 1. The van der Waals surface area contributed by atoms with Crippen molar-refractivity contribution in [1.29, 1.82) is 0 Å². The minimum Gasteiger partial charge on any atom is -0.389 e. The largest absolute Gasteiger partial charge is 0.389 e. The molecule has 1 amide bonds. The smallest absolute Gasteiger partial charge is 0.241 e. The van der Waals surface area contributed by atoms with Crippen molar-refractivity contribution in [3.8, 4) is 0 Å². The molecule has 0 bridgehead atoms. The van der Waals surface area contributed by atoms with Gasteiger partial charge >= 0.3 is 0 Å². The SMILES string of the molecule is NC(=S)c1cc(Cl)ccc1NCC(=O)N1CCCC1. The highest BCUT2D eigenvalue weighted by atomic mass is 35.5. The van der Waals surface area contributed by atoms with Crippen molar-refractivity contribution < 1.29 is 4.79 Å². The van der Waals surface area contributed by atoms with E-state index in [4.69, 9.17) is 29.6 Å². The maximum Gasteiger partial charge on any atom is 0.241 e. The first-order valence-corrected chi connectivity index (χ1v) is 6.97. The van der Waals surface area contributed by atoms with E-state index in [1.54, 1.807) is 18.2 Å². The van der Waals surface area contributed by atoms with Gasteiger partial charge in [-0.15, -0.1) is 0 Å². The highest BCUT2D eigenvalue weighted by Crippen LogP contribution is 2.20. The maximum atomic E-state index is 11.9. The summed E-state index contributed by atoms with van der Waals surface area (Å²) in [5.41, 5.74) is 7.05. The molecule has 1 heterocycles. The molecule has 3 N–H and O–H groups in total. The number of carbonyl (C=O) groups is 1. The van der Waals surface area contributed by atoms with Gasteiger partial charge in [0.25, 0.3) is 0 Å². The predicted molar refractivity (Wildman–Crippen MR) is 81.6 cm³/mol. The lowest BCUT2D eigenvalue weighted by Crippen LogP contribution is -2.33. The van der Waals surface area contributed by atoms with Crippen LogP contribution in [-0.2, 0) is 4.79 Å². The molecule has 0 spiro atoms. The average Bonchev–Trinajstić information content (AvgIpc) is 2.90. The van der Waals surface area contributed by atoms with Gasteiger partial charge in [0.1, 0.15) is 4.99 Å². The summed E-state index contributed by atoms with van der Waals surface area (Å²) >= 11 is 10.9. The fourth-order valence-corrected chi connectivity index (χ4v) is 2.46. The summed E-state index contributed by atoms with van der Waals surface area (Å²) in [5.74, 6) is 0.0985. The van der Waals surface area contributed by atoms with Crippen LogP contribution in [0.5, 0.6) is 0 Å². The van der Waals surface area contributed by atoms with E-state index in [0.717, 1.165) is 31.6 Å². The zero-order valence-electron chi connectivity index (χ0n) is 10.5. The summed E-state index contributed by atoms with van der Waals surface area (Å²) in [6, 6.07) is 5.23. The van der Waals surface area contributed by atoms with Crippen LogP contribution in [0.2, 0.25) is 5.02 Å². The second-order valence-electron chi connectivity index (χ2n) is 4.50. The van der Waals surface area contributed by atoms with Gasteiger partial charge in [-0.05, 0) is 31.0 Å². The van der Waals surface area contributed by atoms with Crippen LogP contribution in [0.1, 0.15) is 18.4 Å². The van der Waals surface area contributed by atoms with E-state index < -0.39 is 0 Å². The maximum absolute atomic E-state index is 11.9. The van der Waals surface area contributed by atoms with E-state index in [9.17, 15) is 4.79 Å². The molecule has 19 heavy (non-hydrogen) atoms. The number of hydrogen-bond acceptors (Lipinski definition) is 3. The molecule has 0 aliphatic carbocycles. The van der Waals surface area contributed by atoms with Crippen LogP contribution >= 0.6 is 23.8 Å². The molecular formula is C13H16ClN3OS. The second-order valence-corrected chi connectivity index (χ2v) is 5.37. The van der Waals surface area contributed by atoms with E-state index in [0.29, 0.717) is 10.6 Å². The monoisotopic (exact) mass is 297 g/mol. The minimum atomic E-state index is 0.0985. The van der Waals surface area contributed by atoms with Gasteiger partial charge in [0.15, 0.2) is 0 Å². The summed E-state index contributed by atoms with van der Waals surface area (Å²) in [7, 11) is 0. The molecule has 0 aromatic heterocycles. The van der Waals surface area contributed by atoms with Crippen LogP contribution < -0.4 is 11.1 Å². The fourth-order valence-electron chi connectivity index (χ4n) is 2.12. The first-order valence-electron chi connectivity index (χ1n) is 6.19. The van der Waals surface area contributed by atoms with E-state index in [-0.39, 0.29) is 17.4 Å². The quantitative estimate of drug-likeness (QED) is 0.835. The molecule has 1 aliphatic rings. The number of nitrogens with one attached hydrogen (secondary N) is 1. The van der Waals surface area contributed by atoms with Gasteiger partial charge in [0.2, 0.25) is 5.91 Å². The Bertz CT molecular complexity index is 501. The molecule has 1 saturated heterocycles. The Morgan fingerprint density at radius 3 is 2.74 bits per heavy atom. The molecule has 0 saturated carbocycles. The third kappa shape index (κ3) is 3.58. The Kier molecular flexibility index (Phi) is 4.61. The Morgan fingerprint density at radius 2 is 2.11 bits per heavy atom. The predicted octanol–water partition coefficient (Wildman–Crippen LogP) is 2.01. The highest BCUT2D eigenvalue weighted by Gasteiger charge is 2.17. The number of nitrogens with zero attached hydrogens (tertiary/aromatic N) is 1. The Balaban J connectivity index is 2.02. The van der Waals surface area contributed by atoms with Crippen molar-refractivity contribution in [3.63, 3.8) is 0 Å². The molecule has 1 aromatic rings. The number of halogens is 1. The second kappa shape index (κ2) is 6.21. The van der Waals surface area contributed by atoms with Crippen LogP contribution in [0.4, 0.5) is 5.69 Å². The summed E-state index contributed by atoms with van der Waals surface area (Å²) < 4.78 is 0. The van der Waals surface area contributed by atoms with Gasteiger partial charge in [-0.3, -0.25) is 4.79 Å². The number of hydrogen-bond donors (Lipinski definition) is 2. The van der Waals surface area contributed by atoms with Crippen molar-refractivity contribution in [2.75, 3.05) is 25.0 Å². The van der Waals surface area contributed by atoms with Gasteiger partial charge in [0, 0.05) is 29.4 Å². The number of anilines is 1. The molecule has 0 unspecified atom stereocenters. The average molecular weight is 298 g/mol. The molecule has 1 aromatic carbocycles. The Hall–Kier alpha value is -1.33. The summed E-state index contributed by atoms with van der Waals surface area (Å²) in [6.07, 6.45) is 2.18. The minimum absolute atomic E-state index is 0.0985. The zero-order valence-corrected chi connectivity index (χ0v) is 12.1. The Morgan fingerprint density at radius 1 is 1.42 bits per heavy atom. The number of thiocarbonyl (C=S) groups is 1. The lowest BCUT2D eigenvalue weighted by molar-refractivity contribution is -0.128. The van der Waals surface area contributed by atoms with Gasteiger partial charge in [0.05, 0.1) is 6.54 Å². The molecule has 102 valence electrons. The van der Waals surface area contributed by atoms with Crippen molar-refractivity contribution in [2.45, 2.75) is 12.8 Å². The summed E-state index contributed by atoms with van der Waals surface area (Å²) in [5, 5.41) is 3.65. The van der Waals surface area contributed by atoms with E-state index in [2.05, 4.69) is 5.32 Å². The van der Waals surface area contributed by atoms with E-state index >= 15 is 0 Å². The van der Waals surface area contributed by atoms with Crippen LogP contribution in [0.25, 0.3) is 0 Å². The van der Waals surface area contributed by atoms with Crippen LogP contribution in [-0.4, -0.2) is 35.4 Å². The molecule has 2 rings (SSSR count). The Labute approximate surface area is 122 Å². The topological polar surface area (TPSA) is 58.4 Å². The van der Waals surface area contributed by atoms with Gasteiger partial charge in [-0.25, -0.2) is 0 Å². The van der Waals surface area contributed by atoms with E-state index in [1.807, 2.05) is 4.90 Å². The number of amides is 1. The van der Waals surface area contributed by atoms with Crippen LogP contribution in [0.15, 0.2) is 18.2 Å². The van der Waals surface area contributed by atoms with Crippen molar-refractivity contribution in [3.05, 3.63) is 28.8 Å². The van der Waals surface area contributed by atoms with Gasteiger partial charge in [-0.2, -0.15) is 0 Å². The molecule has 4 nitrogen and oxygen atoms in total. The number of rotatable bonds is 4. The molecule has 6 heteroatoms. The molecular weight excluding hydrogens is 282 g/mol. The standard InChI is InChI=1S/C13H16ClN3OS/c14-9-3-4-11(10(7-9)13(15)19)16-8-12(18)17-5-1-2-6-17/h3-4,7,16H,1-2,5-6,8H2,(H2,15,19). The van der Waals surface area contributed by atoms with Crippen molar-refractivity contribution in [1.82, 2.24) is 4.90 Å². The van der Waals surface area contributed by atoms with E-state index in [1.165, 1.54) is 0 Å². The fraction of sp³-hybridized carbons (Fsp3) is 0.385. The third-order valence-electron chi connectivity index (χ3n) is 3.14. The number of nitrogens with two attached hydrogens (primary N) is 1. The third-order valence-corrected chi connectivity index (χ3v) is 3.59. The number of benzene rings is 1. The summed E-state index contributed by atoms with van der Waals surface area (Å²) in [4.78, 5) is 14.1. The first kappa shape index (κ1) is 14.1. The lowest BCUT2D eigenvalue weighted by Gasteiger charge is -2.17. The van der Waals surface area contributed by atoms with Crippen LogP contribution in [0, 0.1) is 0 Å². The van der Waals surface area contributed by atoms with Crippen LogP contribution in [0.3, 0.4) is 0 Å². The molecule has 0 atom stereocenters. The first-order chi connectivity index (χ1) is 9.08. The number of carbonyl (C=O) groups excluding carboxylic acids is 1. The highest BCUT2D eigenvalue weighted by molar-refractivity contribution is 7.80.